The predicted molar refractivity (Wildman–Crippen MR) is 86.5 cm³/mol. The number of halogens is 1. The monoisotopic (exact) mass is 308 g/mol. The molecule has 5 nitrogen and oxygen atoms in total. The number of amides is 1. The van der Waals surface area contributed by atoms with Crippen LogP contribution >= 0.6 is 12.4 Å². The van der Waals surface area contributed by atoms with Crippen LogP contribution < -0.4 is 11.1 Å². The summed E-state index contributed by atoms with van der Waals surface area (Å²) >= 11 is 0. The summed E-state index contributed by atoms with van der Waals surface area (Å²) in [5.74, 6) is -0.265. The number of hydrogen-bond donors (Lipinski definition) is 2. The molecule has 2 unspecified atom stereocenters. The zero-order valence-corrected chi connectivity index (χ0v) is 13.0. The Morgan fingerprint density at radius 2 is 2.00 bits per heavy atom. The van der Waals surface area contributed by atoms with Gasteiger partial charge in [-0.25, -0.2) is 0 Å². The van der Waals surface area contributed by atoms with Crippen molar-refractivity contribution in [2.24, 2.45) is 11.7 Å². The van der Waals surface area contributed by atoms with Crippen LogP contribution in [0, 0.1) is 5.92 Å². The fourth-order valence-corrected chi connectivity index (χ4v) is 1.77. The molecular weight excluding hydrogens is 288 g/mol. The van der Waals surface area contributed by atoms with E-state index in [1.54, 1.807) is 6.20 Å². The van der Waals surface area contributed by atoms with Crippen molar-refractivity contribution in [2.45, 2.75) is 26.4 Å². The fourth-order valence-electron chi connectivity index (χ4n) is 1.77. The van der Waals surface area contributed by atoms with Gasteiger partial charge in [0.25, 0.3) is 0 Å². The van der Waals surface area contributed by atoms with Gasteiger partial charge < -0.3 is 11.1 Å². The van der Waals surface area contributed by atoms with Crippen molar-refractivity contribution < 1.29 is 4.79 Å². The predicted octanol–water partition coefficient (Wildman–Crippen LogP) is 2.27. The van der Waals surface area contributed by atoms with E-state index in [1.165, 1.54) is 0 Å². The van der Waals surface area contributed by atoms with E-state index < -0.39 is 0 Å². The van der Waals surface area contributed by atoms with Crippen LogP contribution in [0.25, 0.3) is 0 Å². The van der Waals surface area contributed by atoms with Gasteiger partial charge in [-0.1, -0.05) is 19.1 Å². The second kappa shape index (κ2) is 7.81. The summed E-state index contributed by atoms with van der Waals surface area (Å²) in [5.41, 5.74) is 7.64. The molecule has 0 saturated heterocycles. The lowest BCUT2D eigenvalue weighted by Crippen LogP contribution is -2.34. The molecule has 2 rings (SSSR count). The molecule has 2 atom stereocenters. The summed E-state index contributed by atoms with van der Waals surface area (Å²) in [6.45, 7) is 4.38. The van der Waals surface area contributed by atoms with E-state index in [2.05, 4.69) is 10.4 Å². The van der Waals surface area contributed by atoms with Gasteiger partial charge in [0, 0.05) is 24.1 Å². The van der Waals surface area contributed by atoms with E-state index in [4.69, 9.17) is 5.73 Å². The highest BCUT2D eigenvalue weighted by atomic mass is 35.5. The van der Waals surface area contributed by atoms with Crippen LogP contribution in [-0.4, -0.2) is 21.7 Å². The first-order chi connectivity index (χ1) is 9.56. The highest BCUT2D eigenvalue weighted by Crippen LogP contribution is 2.12. The first kappa shape index (κ1) is 17.2. The van der Waals surface area contributed by atoms with Gasteiger partial charge in [-0.05, 0) is 30.7 Å². The molecule has 0 aliphatic heterocycles. The number of nitrogens with one attached hydrogen (secondary N) is 1. The maximum atomic E-state index is 11.9. The largest absolute Gasteiger partial charge is 0.327 e. The summed E-state index contributed by atoms with van der Waals surface area (Å²) in [4.78, 5) is 11.9. The first-order valence-corrected chi connectivity index (χ1v) is 6.69. The number of rotatable bonds is 5. The van der Waals surface area contributed by atoms with Crippen molar-refractivity contribution in [2.75, 3.05) is 5.32 Å². The molecule has 114 valence electrons. The van der Waals surface area contributed by atoms with Gasteiger partial charge in [-0.2, -0.15) is 5.10 Å². The zero-order valence-electron chi connectivity index (χ0n) is 12.2. The molecule has 3 N–H and O–H groups in total. The topological polar surface area (TPSA) is 72.9 Å². The van der Waals surface area contributed by atoms with Gasteiger partial charge >= 0.3 is 0 Å². The number of carbonyl (C=O) groups is 1. The molecule has 0 fully saturated rings. The van der Waals surface area contributed by atoms with Crippen molar-refractivity contribution in [3.05, 3.63) is 48.3 Å². The highest BCUT2D eigenvalue weighted by molar-refractivity contribution is 5.92. The number of nitrogens with zero attached hydrogens (tertiary/aromatic N) is 2. The lowest BCUT2D eigenvalue weighted by molar-refractivity contribution is -0.119. The number of carbonyl (C=O) groups excluding carboxylic acids is 1. The van der Waals surface area contributed by atoms with Gasteiger partial charge in [0.2, 0.25) is 5.91 Å². The molecular formula is C15H21ClN4O. The second-order valence-corrected chi connectivity index (χ2v) is 5.04. The van der Waals surface area contributed by atoms with E-state index in [9.17, 15) is 4.79 Å². The zero-order chi connectivity index (χ0) is 14.5. The van der Waals surface area contributed by atoms with Crippen LogP contribution in [0.2, 0.25) is 0 Å². The Labute approximate surface area is 130 Å². The summed E-state index contributed by atoms with van der Waals surface area (Å²) < 4.78 is 1.85. The minimum absolute atomic E-state index is 0. The molecule has 0 bridgehead atoms. The van der Waals surface area contributed by atoms with Gasteiger partial charge in [-0.3, -0.25) is 9.48 Å². The number of nitrogens with two attached hydrogens (primary N) is 1. The normalized spacial score (nSPS) is 13.1. The van der Waals surface area contributed by atoms with Crippen molar-refractivity contribution in [3.63, 3.8) is 0 Å². The van der Waals surface area contributed by atoms with E-state index in [1.807, 2.05) is 55.1 Å². The smallest absolute Gasteiger partial charge is 0.228 e. The van der Waals surface area contributed by atoms with Crippen LogP contribution in [0.5, 0.6) is 0 Å². The lowest BCUT2D eigenvalue weighted by atomic mass is 10.0. The summed E-state index contributed by atoms with van der Waals surface area (Å²) in [7, 11) is 0. The molecule has 6 heteroatoms. The molecule has 0 aliphatic rings. The average molecular weight is 309 g/mol. The third-order valence-corrected chi connectivity index (χ3v) is 3.33. The molecule has 1 aromatic heterocycles. The average Bonchev–Trinajstić information content (AvgIpc) is 2.92. The molecule has 0 spiro atoms. The van der Waals surface area contributed by atoms with Gasteiger partial charge in [0.05, 0.1) is 12.5 Å². The Morgan fingerprint density at radius 1 is 1.33 bits per heavy atom. The van der Waals surface area contributed by atoms with Crippen LogP contribution in [0.1, 0.15) is 19.4 Å². The van der Waals surface area contributed by atoms with E-state index >= 15 is 0 Å². The van der Waals surface area contributed by atoms with Gasteiger partial charge in [0.1, 0.15) is 0 Å². The molecule has 2 aromatic rings. The minimum Gasteiger partial charge on any atom is -0.327 e. The van der Waals surface area contributed by atoms with Crippen LogP contribution in [-0.2, 0) is 11.3 Å². The molecule has 0 aliphatic carbocycles. The number of benzene rings is 1. The Kier molecular flexibility index (Phi) is 6.39. The lowest BCUT2D eigenvalue weighted by Gasteiger charge is -2.15. The maximum absolute atomic E-state index is 11.9. The molecule has 21 heavy (non-hydrogen) atoms. The Hall–Kier alpha value is -1.85. The summed E-state index contributed by atoms with van der Waals surface area (Å²) in [5, 5.41) is 7.03. The van der Waals surface area contributed by atoms with E-state index in [0.717, 1.165) is 17.8 Å². The Balaban J connectivity index is 0.00000220. The van der Waals surface area contributed by atoms with E-state index in [-0.39, 0.29) is 30.3 Å². The highest BCUT2D eigenvalue weighted by Gasteiger charge is 2.16. The van der Waals surface area contributed by atoms with Crippen molar-refractivity contribution in [1.29, 1.82) is 0 Å². The Morgan fingerprint density at radius 3 is 2.52 bits per heavy atom. The maximum Gasteiger partial charge on any atom is 0.228 e. The molecule has 0 saturated carbocycles. The standard InChI is InChI=1S/C15H20N4O.ClH/c1-11(12(2)16)15(20)18-14-6-4-13(5-7-14)10-19-9-3-8-17-19;/h3-9,11-12H,10,16H2,1-2H3,(H,18,20);1H. The number of anilines is 1. The second-order valence-electron chi connectivity index (χ2n) is 5.04. The van der Waals surface area contributed by atoms with Crippen molar-refractivity contribution in [3.8, 4) is 0 Å². The third-order valence-electron chi connectivity index (χ3n) is 3.33. The molecule has 1 heterocycles. The molecule has 1 amide bonds. The van der Waals surface area contributed by atoms with Gasteiger partial charge in [-0.15, -0.1) is 12.4 Å². The van der Waals surface area contributed by atoms with Crippen molar-refractivity contribution >= 4 is 24.0 Å². The minimum atomic E-state index is -0.209. The van der Waals surface area contributed by atoms with Crippen LogP contribution in [0.4, 0.5) is 5.69 Å². The molecule has 1 aromatic carbocycles. The van der Waals surface area contributed by atoms with E-state index in [0.29, 0.717) is 0 Å². The van der Waals surface area contributed by atoms with Crippen molar-refractivity contribution in [1.82, 2.24) is 9.78 Å². The van der Waals surface area contributed by atoms with Crippen LogP contribution in [0.15, 0.2) is 42.7 Å². The van der Waals surface area contributed by atoms with Crippen LogP contribution in [0.3, 0.4) is 0 Å². The SMILES string of the molecule is CC(N)C(C)C(=O)Nc1ccc(Cn2cccn2)cc1.Cl. The Bertz CT molecular complexity index is 552. The third kappa shape index (κ3) is 4.88. The summed E-state index contributed by atoms with van der Waals surface area (Å²) in [6.07, 6.45) is 3.67. The van der Waals surface area contributed by atoms with Gasteiger partial charge in [0.15, 0.2) is 0 Å². The fraction of sp³-hybridized carbons (Fsp3) is 0.333. The quantitative estimate of drug-likeness (QED) is 0.890. The summed E-state index contributed by atoms with van der Waals surface area (Å²) in [6, 6.07) is 9.48. The number of aromatic nitrogens is 2. The molecule has 0 radical (unpaired) electrons. The first-order valence-electron chi connectivity index (χ1n) is 6.69. The number of hydrogen-bond acceptors (Lipinski definition) is 3.